The molecule has 0 N–H and O–H groups in total. The Balaban J connectivity index is 1.78. The zero-order valence-corrected chi connectivity index (χ0v) is 16.2. The van der Waals surface area contributed by atoms with Gasteiger partial charge in [0, 0.05) is 18.7 Å². The van der Waals surface area contributed by atoms with Crippen LogP contribution in [0.15, 0.2) is 54.6 Å². The monoisotopic (exact) mass is 368 g/mol. The third-order valence-corrected chi connectivity index (χ3v) is 4.69. The maximum atomic E-state index is 5.65. The molecule has 5 nitrogen and oxygen atoms in total. The van der Waals surface area contributed by atoms with Crippen LogP contribution in [0, 0.1) is 4.77 Å². The summed E-state index contributed by atoms with van der Waals surface area (Å²) in [5.41, 5.74) is 2.30. The first-order chi connectivity index (χ1) is 12.6. The number of methoxy groups -OCH3 is 1. The maximum absolute atomic E-state index is 5.65. The molecule has 0 bridgehead atoms. The average molecular weight is 369 g/mol. The molecule has 0 saturated carbocycles. The second-order valence-electron chi connectivity index (χ2n) is 6.22. The highest BCUT2D eigenvalue weighted by Crippen LogP contribution is 2.18. The van der Waals surface area contributed by atoms with Crippen LogP contribution in [0.5, 0.6) is 5.75 Å². The Hall–Kier alpha value is -2.44. The van der Waals surface area contributed by atoms with E-state index in [0.29, 0.717) is 6.67 Å². The Morgan fingerprint density at radius 2 is 1.77 bits per heavy atom. The summed E-state index contributed by atoms with van der Waals surface area (Å²) in [4.78, 5) is 2.19. The molecule has 1 heterocycles. The van der Waals surface area contributed by atoms with E-state index in [1.54, 1.807) is 7.11 Å². The zero-order chi connectivity index (χ0) is 18.5. The van der Waals surface area contributed by atoms with Crippen molar-refractivity contribution in [2.75, 3.05) is 14.2 Å². The van der Waals surface area contributed by atoms with E-state index >= 15 is 0 Å². The zero-order valence-electron chi connectivity index (χ0n) is 15.4. The van der Waals surface area contributed by atoms with Gasteiger partial charge in [-0.25, -0.2) is 4.68 Å². The molecule has 0 fully saturated rings. The van der Waals surface area contributed by atoms with E-state index in [1.807, 2.05) is 35.0 Å². The topological polar surface area (TPSA) is 35.2 Å². The van der Waals surface area contributed by atoms with Gasteiger partial charge in [0.1, 0.15) is 5.75 Å². The van der Waals surface area contributed by atoms with Crippen molar-refractivity contribution in [2.45, 2.75) is 26.7 Å². The lowest BCUT2D eigenvalue weighted by Crippen LogP contribution is -2.22. The van der Waals surface area contributed by atoms with Crippen molar-refractivity contribution in [2.24, 2.45) is 0 Å². The summed E-state index contributed by atoms with van der Waals surface area (Å²) in [7, 11) is 3.75. The molecule has 2 aromatic carbocycles. The first-order valence-electron chi connectivity index (χ1n) is 8.67. The fraction of sp³-hybridized carbons (Fsp3) is 0.300. The molecule has 6 heteroatoms. The third kappa shape index (κ3) is 4.03. The van der Waals surface area contributed by atoms with Crippen molar-refractivity contribution in [3.63, 3.8) is 0 Å². The Kier molecular flexibility index (Phi) is 5.85. The van der Waals surface area contributed by atoms with E-state index in [9.17, 15) is 0 Å². The van der Waals surface area contributed by atoms with Gasteiger partial charge in [-0.1, -0.05) is 42.5 Å². The molecule has 3 aromatic rings. The number of benzene rings is 2. The maximum Gasteiger partial charge on any atom is 0.199 e. The van der Waals surface area contributed by atoms with Crippen LogP contribution in [0.2, 0.25) is 0 Å². The standard InChI is InChI=1S/C20H24N4OS/c1-4-23-19(17-8-6-5-7-9-17)21-24(20(23)26)15-22(2)14-16-10-12-18(25-3)13-11-16/h5-13H,4,14-15H2,1-3H3. The average Bonchev–Trinajstić information content (AvgIpc) is 2.98. The Morgan fingerprint density at radius 1 is 1.08 bits per heavy atom. The highest BCUT2D eigenvalue weighted by Gasteiger charge is 2.12. The second-order valence-corrected chi connectivity index (χ2v) is 6.58. The van der Waals surface area contributed by atoms with E-state index in [2.05, 4.69) is 47.7 Å². The van der Waals surface area contributed by atoms with Crippen LogP contribution in [0.4, 0.5) is 0 Å². The molecule has 0 aliphatic heterocycles. The van der Waals surface area contributed by atoms with E-state index in [-0.39, 0.29) is 0 Å². The van der Waals surface area contributed by atoms with Crippen LogP contribution >= 0.6 is 12.2 Å². The molecular formula is C20H24N4OS. The molecule has 1 aromatic heterocycles. The van der Waals surface area contributed by atoms with E-state index in [4.69, 9.17) is 22.1 Å². The van der Waals surface area contributed by atoms with Gasteiger partial charge in [-0.2, -0.15) is 5.10 Å². The normalized spacial score (nSPS) is 11.1. The van der Waals surface area contributed by atoms with Crippen molar-refractivity contribution in [1.82, 2.24) is 19.2 Å². The molecule has 0 radical (unpaired) electrons. The summed E-state index contributed by atoms with van der Waals surface area (Å²) < 4.78 is 9.92. The smallest absolute Gasteiger partial charge is 0.199 e. The van der Waals surface area contributed by atoms with Crippen molar-refractivity contribution < 1.29 is 4.74 Å². The Labute approximate surface area is 159 Å². The minimum atomic E-state index is 0.637. The summed E-state index contributed by atoms with van der Waals surface area (Å²) in [5.74, 6) is 1.78. The largest absolute Gasteiger partial charge is 0.497 e. The Morgan fingerprint density at radius 3 is 2.38 bits per heavy atom. The number of nitrogens with zero attached hydrogens (tertiary/aromatic N) is 4. The lowest BCUT2D eigenvalue weighted by atomic mass is 10.2. The molecule has 0 saturated heterocycles. The van der Waals surface area contributed by atoms with E-state index in [1.165, 1.54) is 5.56 Å². The quantitative estimate of drug-likeness (QED) is 0.586. The molecule has 0 unspecified atom stereocenters. The van der Waals surface area contributed by atoms with E-state index < -0.39 is 0 Å². The molecule has 0 spiro atoms. The first kappa shape index (κ1) is 18.4. The molecule has 26 heavy (non-hydrogen) atoms. The lowest BCUT2D eigenvalue weighted by molar-refractivity contribution is 0.244. The van der Waals surface area contributed by atoms with Crippen LogP contribution in [0.25, 0.3) is 11.4 Å². The van der Waals surface area contributed by atoms with Gasteiger partial charge in [0.25, 0.3) is 0 Å². The van der Waals surface area contributed by atoms with Crippen LogP contribution < -0.4 is 4.74 Å². The van der Waals surface area contributed by atoms with Gasteiger partial charge in [0.2, 0.25) is 0 Å². The number of ether oxygens (including phenoxy) is 1. The third-order valence-electron chi connectivity index (χ3n) is 4.26. The van der Waals surface area contributed by atoms with Gasteiger partial charge in [-0.15, -0.1) is 0 Å². The highest BCUT2D eigenvalue weighted by atomic mass is 32.1. The fourth-order valence-corrected chi connectivity index (χ4v) is 3.25. The predicted octanol–water partition coefficient (Wildman–Crippen LogP) is 4.20. The number of aromatic nitrogens is 3. The van der Waals surface area contributed by atoms with Crippen LogP contribution in [0.3, 0.4) is 0 Å². The van der Waals surface area contributed by atoms with Crippen LogP contribution in [-0.4, -0.2) is 33.4 Å². The molecule has 0 atom stereocenters. The molecule has 0 aliphatic carbocycles. The van der Waals surface area contributed by atoms with E-state index in [0.717, 1.165) is 35.0 Å². The summed E-state index contributed by atoms with van der Waals surface area (Å²) in [6.07, 6.45) is 0. The summed E-state index contributed by atoms with van der Waals surface area (Å²) in [5, 5.41) is 4.77. The van der Waals surface area contributed by atoms with Gasteiger partial charge in [-0.05, 0) is 43.9 Å². The van der Waals surface area contributed by atoms with Crippen molar-refractivity contribution in [3.8, 4) is 17.1 Å². The lowest BCUT2D eigenvalue weighted by Gasteiger charge is -2.16. The molecule has 136 valence electrons. The molecule has 3 rings (SSSR count). The number of hydrogen-bond donors (Lipinski definition) is 0. The van der Waals surface area contributed by atoms with Crippen molar-refractivity contribution >= 4 is 12.2 Å². The first-order valence-corrected chi connectivity index (χ1v) is 9.07. The SMILES string of the molecule is CCn1c(-c2ccccc2)nn(CN(C)Cc2ccc(OC)cc2)c1=S. The van der Waals surface area contributed by atoms with Crippen molar-refractivity contribution in [1.29, 1.82) is 0 Å². The summed E-state index contributed by atoms with van der Waals surface area (Å²) >= 11 is 5.65. The minimum Gasteiger partial charge on any atom is -0.497 e. The minimum absolute atomic E-state index is 0.637. The van der Waals surface area contributed by atoms with Crippen LogP contribution in [0.1, 0.15) is 12.5 Å². The molecule has 0 aliphatic rings. The van der Waals surface area contributed by atoms with Crippen molar-refractivity contribution in [3.05, 3.63) is 64.9 Å². The number of hydrogen-bond acceptors (Lipinski definition) is 4. The number of rotatable bonds is 7. The van der Waals surface area contributed by atoms with Gasteiger partial charge in [0.05, 0.1) is 13.8 Å². The fourth-order valence-electron chi connectivity index (χ4n) is 2.94. The summed E-state index contributed by atoms with van der Waals surface area (Å²) in [6, 6.07) is 18.3. The van der Waals surface area contributed by atoms with Gasteiger partial charge >= 0.3 is 0 Å². The predicted molar refractivity (Wildman–Crippen MR) is 107 cm³/mol. The Bertz CT molecular complexity index is 900. The second kappa shape index (κ2) is 8.29. The van der Waals surface area contributed by atoms with Gasteiger partial charge in [-0.3, -0.25) is 4.90 Å². The van der Waals surface area contributed by atoms with Gasteiger partial charge < -0.3 is 9.30 Å². The molecular weight excluding hydrogens is 344 g/mol. The van der Waals surface area contributed by atoms with Gasteiger partial charge in [0.15, 0.2) is 10.6 Å². The highest BCUT2D eigenvalue weighted by molar-refractivity contribution is 7.71. The van der Waals surface area contributed by atoms with Crippen LogP contribution in [-0.2, 0) is 19.8 Å². The molecule has 0 amide bonds. The summed E-state index contributed by atoms with van der Waals surface area (Å²) in [6.45, 7) is 4.34.